The van der Waals surface area contributed by atoms with E-state index in [0.717, 1.165) is 17.6 Å². The van der Waals surface area contributed by atoms with Crippen LogP contribution in [0.1, 0.15) is 9.67 Å². The standard InChI is InChI=1S/C16H14N2O4S2/c1-22-16(19)14-12(17)10-8-11(24(2,20)21)13(18-15(10)23-14)9-6-4-3-5-7-9/h3-8H,17H2,1-2H3. The van der Waals surface area contributed by atoms with E-state index in [4.69, 9.17) is 10.5 Å². The van der Waals surface area contributed by atoms with Crippen LogP contribution in [0.3, 0.4) is 0 Å². The van der Waals surface area contributed by atoms with Gasteiger partial charge in [-0.25, -0.2) is 18.2 Å². The first-order valence-electron chi connectivity index (χ1n) is 6.89. The zero-order valence-corrected chi connectivity index (χ0v) is 14.6. The Bertz CT molecular complexity index is 1040. The van der Waals surface area contributed by atoms with E-state index in [1.165, 1.54) is 13.2 Å². The van der Waals surface area contributed by atoms with Gasteiger partial charge in [0.1, 0.15) is 9.71 Å². The zero-order valence-electron chi connectivity index (χ0n) is 12.9. The lowest BCUT2D eigenvalue weighted by molar-refractivity contribution is 0.0607. The molecule has 8 heteroatoms. The number of fused-ring (bicyclic) bond motifs is 1. The number of rotatable bonds is 3. The summed E-state index contributed by atoms with van der Waals surface area (Å²) in [4.78, 5) is 17.0. The Morgan fingerprint density at radius 3 is 2.50 bits per heavy atom. The number of ether oxygens (including phenoxy) is 1. The number of hydrogen-bond acceptors (Lipinski definition) is 7. The SMILES string of the molecule is COC(=O)c1sc2nc(-c3ccccc3)c(S(C)(=O)=O)cc2c1N. The van der Waals surface area contributed by atoms with E-state index in [0.29, 0.717) is 21.5 Å². The molecule has 0 aliphatic rings. The lowest BCUT2D eigenvalue weighted by Gasteiger charge is -2.08. The summed E-state index contributed by atoms with van der Waals surface area (Å²) in [6.07, 6.45) is 1.12. The number of anilines is 1. The lowest BCUT2D eigenvalue weighted by Crippen LogP contribution is -2.03. The molecule has 0 radical (unpaired) electrons. The van der Waals surface area contributed by atoms with Crippen LogP contribution in [0.2, 0.25) is 0 Å². The topological polar surface area (TPSA) is 99.3 Å². The molecule has 1 aromatic carbocycles. The number of methoxy groups -OCH3 is 1. The molecule has 0 unspecified atom stereocenters. The maximum atomic E-state index is 12.2. The Morgan fingerprint density at radius 2 is 1.92 bits per heavy atom. The van der Waals surface area contributed by atoms with Crippen molar-refractivity contribution in [2.75, 3.05) is 19.1 Å². The van der Waals surface area contributed by atoms with Crippen molar-refractivity contribution in [2.24, 2.45) is 0 Å². The van der Waals surface area contributed by atoms with E-state index in [1.807, 2.05) is 6.07 Å². The highest BCUT2D eigenvalue weighted by atomic mass is 32.2. The number of benzene rings is 1. The Hall–Kier alpha value is -2.45. The molecule has 0 saturated heterocycles. The predicted octanol–water partition coefficient (Wildman–Crippen LogP) is 2.74. The fourth-order valence-corrected chi connectivity index (χ4v) is 4.19. The normalized spacial score (nSPS) is 11.6. The summed E-state index contributed by atoms with van der Waals surface area (Å²) in [6, 6.07) is 10.5. The van der Waals surface area contributed by atoms with E-state index in [1.54, 1.807) is 24.3 Å². The Balaban J connectivity index is 2.37. The van der Waals surface area contributed by atoms with Gasteiger partial charge in [-0.3, -0.25) is 0 Å². The molecule has 0 bridgehead atoms. The first kappa shape index (κ1) is 16.4. The van der Waals surface area contributed by atoms with Gasteiger partial charge in [0.25, 0.3) is 0 Å². The van der Waals surface area contributed by atoms with Crippen molar-refractivity contribution in [3.05, 3.63) is 41.3 Å². The highest BCUT2D eigenvalue weighted by molar-refractivity contribution is 7.90. The molecule has 2 aromatic heterocycles. The van der Waals surface area contributed by atoms with Crippen LogP contribution < -0.4 is 5.73 Å². The molecule has 3 rings (SSSR count). The number of pyridine rings is 1. The number of esters is 1. The highest BCUT2D eigenvalue weighted by Crippen LogP contribution is 2.37. The molecule has 0 amide bonds. The molecule has 0 spiro atoms. The highest BCUT2D eigenvalue weighted by Gasteiger charge is 2.23. The van der Waals surface area contributed by atoms with Crippen LogP contribution in [0.4, 0.5) is 5.69 Å². The number of sulfone groups is 1. The number of aromatic nitrogens is 1. The predicted molar refractivity (Wildman–Crippen MR) is 93.9 cm³/mol. The van der Waals surface area contributed by atoms with Crippen LogP contribution in [0.25, 0.3) is 21.5 Å². The summed E-state index contributed by atoms with van der Waals surface area (Å²) in [5, 5.41) is 0.431. The van der Waals surface area contributed by atoms with E-state index in [9.17, 15) is 13.2 Å². The first-order valence-corrected chi connectivity index (χ1v) is 9.60. The molecule has 2 N–H and O–H groups in total. The molecule has 124 valence electrons. The minimum absolute atomic E-state index is 0.0714. The summed E-state index contributed by atoms with van der Waals surface area (Å²) in [7, 11) is -2.28. The fraction of sp³-hybridized carbons (Fsp3) is 0.125. The number of carbonyl (C=O) groups is 1. The molecule has 0 aliphatic heterocycles. The van der Waals surface area contributed by atoms with Crippen LogP contribution in [0, 0.1) is 0 Å². The van der Waals surface area contributed by atoms with E-state index < -0.39 is 15.8 Å². The summed E-state index contributed by atoms with van der Waals surface area (Å²) >= 11 is 1.08. The molecule has 0 saturated carbocycles. The lowest BCUT2D eigenvalue weighted by atomic mass is 10.1. The van der Waals surface area contributed by atoms with Crippen LogP contribution >= 0.6 is 11.3 Å². The van der Waals surface area contributed by atoms with Crippen molar-refractivity contribution in [3.63, 3.8) is 0 Å². The molecule has 3 aromatic rings. The number of carbonyl (C=O) groups excluding carboxylic acids is 1. The maximum absolute atomic E-state index is 12.2. The zero-order chi connectivity index (χ0) is 17.5. The third-order valence-corrected chi connectivity index (χ3v) is 5.71. The fourth-order valence-electron chi connectivity index (χ4n) is 2.35. The largest absolute Gasteiger partial charge is 0.465 e. The van der Waals surface area contributed by atoms with Gasteiger partial charge in [0.2, 0.25) is 0 Å². The Morgan fingerprint density at radius 1 is 1.25 bits per heavy atom. The summed E-state index contributed by atoms with van der Waals surface area (Å²) in [5.41, 5.74) is 7.18. The van der Waals surface area contributed by atoms with Crippen molar-refractivity contribution in [2.45, 2.75) is 4.90 Å². The second kappa shape index (κ2) is 5.88. The molecule has 0 atom stereocenters. The van der Waals surface area contributed by atoms with Gasteiger partial charge in [0, 0.05) is 17.2 Å². The number of nitrogens with two attached hydrogens (primary N) is 1. The second-order valence-electron chi connectivity index (χ2n) is 5.16. The Kier molecular flexibility index (Phi) is 4.02. The van der Waals surface area contributed by atoms with Gasteiger partial charge < -0.3 is 10.5 Å². The molecule has 24 heavy (non-hydrogen) atoms. The molecular weight excluding hydrogens is 348 g/mol. The van der Waals surface area contributed by atoms with Crippen molar-refractivity contribution in [1.29, 1.82) is 0 Å². The minimum atomic E-state index is -3.54. The molecule has 6 nitrogen and oxygen atoms in total. The van der Waals surface area contributed by atoms with Crippen molar-refractivity contribution in [1.82, 2.24) is 4.98 Å². The van der Waals surface area contributed by atoms with Crippen LogP contribution in [0.15, 0.2) is 41.3 Å². The smallest absolute Gasteiger partial charge is 0.350 e. The van der Waals surface area contributed by atoms with Gasteiger partial charge >= 0.3 is 5.97 Å². The number of nitrogen functional groups attached to an aromatic ring is 1. The molecule has 0 fully saturated rings. The van der Waals surface area contributed by atoms with Crippen LogP contribution in [-0.4, -0.2) is 32.7 Å². The van der Waals surface area contributed by atoms with Crippen molar-refractivity contribution < 1.29 is 17.9 Å². The quantitative estimate of drug-likeness (QED) is 0.719. The number of nitrogens with zero attached hydrogens (tertiary/aromatic N) is 1. The third kappa shape index (κ3) is 2.74. The van der Waals surface area contributed by atoms with Gasteiger partial charge in [0.15, 0.2) is 9.84 Å². The van der Waals surface area contributed by atoms with Crippen LogP contribution in [0.5, 0.6) is 0 Å². The van der Waals surface area contributed by atoms with Gasteiger partial charge in [-0.05, 0) is 6.07 Å². The maximum Gasteiger partial charge on any atom is 0.350 e. The molecule has 0 aliphatic carbocycles. The first-order chi connectivity index (χ1) is 11.3. The van der Waals surface area contributed by atoms with E-state index >= 15 is 0 Å². The van der Waals surface area contributed by atoms with Gasteiger partial charge in [0.05, 0.1) is 23.4 Å². The number of thiophene rings is 1. The van der Waals surface area contributed by atoms with Gasteiger partial charge in [-0.1, -0.05) is 30.3 Å². The third-order valence-electron chi connectivity index (χ3n) is 3.50. The summed E-state index contributed by atoms with van der Waals surface area (Å²) in [5.74, 6) is -0.572. The van der Waals surface area contributed by atoms with E-state index in [2.05, 4.69) is 4.98 Å². The van der Waals surface area contributed by atoms with Crippen molar-refractivity contribution >= 4 is 43.0 Å². The molecule has 2 heterocycles. The average molecular weight is 362 g/mol. The Labute approximate surface area is 142 Å². The molecular formula is C16H14N2O4S2. The minimum Gasteiger partial charge on any atom is -0.465 e. The van der Waals surface area contributed by atoms with E-state index in [-0.39, 0.29) is 15.5 Å². The van der Waals surface area contributed by atoms with Crippen molar-refractivity contribution in [3.8, 4) is 11.3 Å². The van der Waals surface area contributed by atoms with Gasteiger partial charge in [-0.2, -0.15) is 0 Å². The second-order valence-corrected chi connectivity index (χ2v) is 8.15. The average Bonchev–Trinajstić information content (AvgIpc) is 2.89. The summed E-state index contributed by atoms with van der Waals surface area (Å²) in [6.45, 7) is 0. The monoisotopic (exact) mass is 362 g/mol. The van der Waals surface area contributed by atoms with Gasteiger partial charge in [-0.15, -0.1) is 11.3 Å². The summed E-state index contributed by atoms with van der Waals surface area (Å²) < 4.78 is 29.1. The number of hydrogen-bond donors (Lipinski definition) is 1. The van der Waals surface area contributed by atoms with Crippen LogP contribution in [-0.2, 0) is 14.6 Å².